The molecule has 6 nitrogen and oxygen atoms in total. The summed E-state index contributed by atoms with van der Waals surface area (Å²) in [4.78, 5) is 33.8. The van der Waals surface area contributed by atoms with Crippen LogP contribution in [0.15, 0.2) is 113 Å². The van der Waals surface area contributed by atoms with Crippen molar-refractivity contribution in [3.05, 3.63) is 131 Å². The van der Waals surface area contributed by atoms with Crippen LogP contribution in [0.1, 0.15) is 33.0 Å². The number of aldehydes is 1. The van der Waals surface area contributed by atoms with Gasteiger partial charge in [0.05, 0.1) is 5.02 Å². The van der Waals surface area contributed by atoms with Gasteiger partial charge in [-0.05, 0) is 63.7 Å². The summed E-state index contributed by atoms with van der Waals surface area (Å²) in [5, 5.41) is 3.90. The third-order valence-corrected chi connectivity index (χ3v) is 8.64. The summed E-state index contributed by atoms with van der Waals surface area (Å²) in [5.41, 5.74) is 7.61. The zero-order chi connectivity index (χ0) is 28.2. The molecule has 0 unspecified atom stereocenters. The number of carbonyl (C=O) groups is 2. The minimum Gasteiger partial charge on any atom is -0.449 e. The first-order chi connectivity index (χ1) is 20.1. The molecule has 1 N–H and O–H groups in total. The van der Waals surface area contributed by atoms with Gasteiger partial charge in [-0.25, -0.2) is 9.78 Å². The Morgan fingerprint density at radius 3 is 2.37 bits per heavy atom. The van der Waals surface area contributed by atoms with Crippen LogP contribution in [0.2, 0.25) is 5.02 Å². The Morgan fingerprint density at radius 2 is 1.66 bits per heavy atom. The van der Waals surface area contributed by atoms with E-state index in [-0.39, 0.29) is 19.1 Å². The Hall–Kier alpha value is -4.46. The summed E-state index contributed by atoms with van der Waals surface area (Å²) >= 11 is 8.07. The number of nitrogens with zero attached hydrogens (tertiary/aromatic N) is 2. The van der Waals surface area contributed by atoms with Crippen molar-refractivity contribution in [2.45, 2.75) is 22.4 Å². The van der Waals surface area contributed by atoms with Crippen molar-refractivity contribution >= 4 is 35.7 Å². The molecule has 6 rings (SSSR count). The van der Waals surface area contributed by atoms with Crippen LogP contribution in [0.3, 0.4) is 0 Å². The van der Waals surface area contributed by atoms with E-state index in [1.54, 1.807) is 30.7 Å². The molecule has 0 fully saturated rings. The lowest BCUT2D eigenvalue weighted by atomic mass is 9.98. The number of amides is 1. The van der Waals surface area contributed by atoms with Crippen LogP contribution >= 0.6 is 23.4 Å². The zero-order valence-corrected chi connectivity index (χ0v) is 23.4. The smallest absolute Gasteiger partial charge is 0.407 e. The van der Waals surface area contributed by atoms with Gasteiger partial charge in [-0.15, -0.1) is 0 Å². The lowest BCUT2D eigenvalue weighted by Gasteiger charge is -2.17. The topological polar surface area (TPSA) is 81.2 Å². The van der Waals surface area contributed by atoms with Gasteiger partial charge < -0.3 is 10.1 Å². The van der Waals surface area contributed by atoms with Gasteiger partial charge in [-0.1, -0.05) is 78.0 Å². The van der Waals surface area contributed by atoms with Crippen LogP contribution in [-0.4, -0.2) is 29.0 Å². The fourth-order valence-electron chi connectivity index (χ4n) is 5.09. The van der Waals surface area contributed by atoms with Crippen molar-refractivity contribution in [1.29, 1.82) is 0 Å². The molecule has 0 radical (unpaired) electrons. The maximum absolute atomic E-state index is 13.0. The maximum Gasteiger partial charge on any atom is 0.407 e. The number of carbonyl (C=O) groups excluding carboxylic acids is 2. The van der Waals surface area contributed by atoms with E-state index in [0.29, 0.717) is 20.5 Å². The molecule has 1 amide bonds. The van der Waals surface area contributed by atoms with Gasteiger partial charge in [-0.3, -0.25) is 9.78 Å². The second-order valence-electron chi connectivity index (χ2n) is 9.48. The normalized spacial score (nSPS) is 11.9. The summed E-state index contributed by atoms with van der Waals surface area (Å²) in [6.07, 6.45) is 5.32. The molecule has 0 aliphatic heterocycles. The molecule has 0 saturated heterocycles. The monoisotopic (exact) mass is 577 g/mol. The largest absolute Gasteiger partial charge is 0.449 e. The molecule has 41 heavy (non-hydrogen) atoms. The molecule has 5 aromatic rings. The standard InChI is InChI=1S/C33H24ClN3O3S/c34-30-16-23(21-7-5-13-35-17-21)15-24(31(30)41-32-22(19-38)8-6-14-36-32)18-37-33(39)40-20-29-27-11-3-1-9-25(27)26-10-2-4-12-28(26)29/h1-17,19,29H,18,20H2,(H,37,39). The summed E-state index contributed by atoms with van der Waals surface area (Å²) in [6, 6.07) is 27.4. The average molecular weight is 578 g/mol. The quantitative estimate of drug-likeness (QED) is 0.189. The van der Waals surface area contributed by atoms with Gasteiger partial charge in [0.2, 0.25) is 0 Å². The van der Waals surface area contributed by atoms with Gasteiger partial charge >= 0.3 is 6.09 Å². The van der Waals surface area contributed by atoms with E-state index in [9.17, 15) is 9.59 Å². The molecule has 3 aromatic carbocycles. The highest BCUT2D eigenvalue weighted by atomic mass is 35.5. The highest BCUT2D eigenvalue weighted by molar-refractivity contribution is 7.99. The predicted octanol–water partition coefficient (Wildman–Crippen LogP) is 7.80. The number of rotatable bonds is 8. The molecule has 0 spiro atoms. The molecule has 2 aromatic heterocycles. The number of hydrogen-bond acceptors (Lipinski definition) is 6. The number of benzene rings is 3. The Kier molecular flexibility index (Phi) is 7.80. The summed E-state index contributed by atoms with van der Waals surface area (Å²) < 4.78 is 5.74. The molecule has 202 valence electrons. The SMILES string of the molecule is O=Cc1cccnc1Sc1c(Cl)cc(-c2cccnc2)cc1CNC(=O)OCC1c2ccccc2-c2ccccc21. The second kappa shape index (κ2) is 12.0. The van der Waals surface area contributed by atoms with E-state index in [4.69, 9.17) is 16.3 Å². The van der Waals surface area contributed by atoms with E-state index in [0.717, 1.165) is 34.1 Å². The fourth-order valence-corrected chi connectivity index (χ4v) is 6.40. The number of halogens is 1. The molecule has 1 aliphatic rings. The van der Waals surface area contributed by atoms with Gasteiger partial charge in [0.25, 0.3) is 0 Å². The molecular formula is C33H24ClN3O3S. The van der Waals surface area contributed by atoms with Crippen molar-refractivity contribution in [3.63, 3.8) is 0 Å². The Morgan fingerprint density at radius 1 is 0.927 bits per heavy atom. The van der Waals surface area contributed by atoms with Gasteiger partial charge in [0, 0.05) is 47.1 Å². The molecule has 0 bridgehead atoms. The first kappa shape index (κ1) is 26.7. The van der Waals surface area contributed by atoms with Crippen molar-refractivity contribution < 1.29 is 14.3 Å². The minimum absolute atomic E-state index is 0.0338. The Bertz CT molecular complexity index is 1700. The van der Waals surface area contributed by atoms with E-state index in [2.05, 4.69) is 39.6 Å². The Balaban J connectivity index is 1.23. The number of fused-ring (bicyclic) bond motifs is 3. The first-order valence-corrected chi connectivity index (χ1v) is 14.2. The van der Waals surface area contributed by atoms with Crippen molar-refractivity contribution in [2.75, 3.05) is 6.61 Å². The van der Waals surface area contributed by atoms with Gasteiger partial charge in [-0.2, -0.15) is 0 Å². The van der Waals surface area contributed by atoms with Gasteiger partial charge in [0.15, 0.2) is 6.29 Å². The van der Waals surface area contributed by atoms with Crippen LogP contribution in [0.25, 0.3) is 22.3 Å². The van der Waals surface area contributed by atoms with Crippen LogP contribution in [0, 0.1) is 0 Å². The lowest BCUT2D eigenvalue weighted by Crippen LogP contribution is -2.26. The van der Waals surface area contributed by atoms with E-state index in [1.807, 2.05) is 48.5 Å². The number of pyridine rings is 2. The number of nitrogens with one attached hydrogen (secondary N) is 1. The highest BCUT2D eigenvalue weighted by Gasteiger charge is 2.29. The zero-order valence-electron chi connectivity index (χ0n) is 21.8. The van der Waals surface area contributed by atoms with Crippen molar-refractivity contribution in [1.82, 2.24) is 15.3 Å². The number of ether oxygens (including phenoxy) is 1. The average Bonchev–Trinajstić information content (AvgIpc) is 3.34. The Labute approximate surface area is 246 Å². The van der Waals surface area contributed by atoms with E-state index >= 15 is 0 Å². The second-order valence-corrected chi connectivity index (χ2v) is 10.9. The molecule has 0 saturated carbocycles. The fraction of sp³-hybridized carbons (Fsp3) is 0.0909. The first-order valence-electron chi connectivity index (χ1n) is 13.0. The molecule has 2 heterocycles. The number of alkyl carbamates (subject to hydrolysis) is 1. The van der Waals surface area contributed by atoms with Crippen molar-refractivity contribution in [2.24, 2.45) is 0 Å². The molecule has 1 aliphatic carbocycles. The number of aromatic nitrogens is 2. The molecule has 8 heteroatoms. The summed E-state index contributed by atoms with van der Waals surface area (Å²) in [7, 11) is 0. The lowest BCUT2D eigenvalue weighted by molar-refractivity contribution is 0.112. The minimum atomic E-state index is -0.530. The molecule has 0 atom stereocenters. The predicted molar refractivity (Wildman–Crippen MR) is 160 cm³/mol. The van der Waals surface area contributed by atoms with Crippen LogP contribution < -0.4 is 5.32 Å². The molecular weight excluding hydrogens is 554 g/mol. The third-order valence-electron chi connectivity index (χ3n) is 7.01. The van der Waals surface area contributed by atoms with Crippen LogP contribution in [0.5, 0.6) is 0 Å². The van der Waals surface area contributed by atoms with E-state index < -0.39 is 6.09 Å². The maximum atomic E-state index is 13.0. The van der Waals surface area contributed by atoms with Gasteiger partial charge in [0.1, 0.15) is 11.6 Å². The third kappa shape index (κ3) is 5.59. The van der Waals surface area contributed by atoms with E-state index in [1.165, 1.54) is 22.9 Å². The van der Waals surface area contributed by atoms with Crippen LogP contribution in [0.4, 0.5) is 4.79 Å². The number of hydrogen-bond donors (Lipinski definition) is 1. The van der Waals surface area contributed by atoms with Crippen LogP contribution in [-0.2, 0) is 11.3 Å². The highest BCUT2D eigenvalue weighted by Crippen LogP contribution is 2.44. The van der Waals surface area contributed by atoms with Crippen molar-refractivity contribution in [3.8, 4) is 22.3 Å². The summed E-state index contributed by atoms with van der Waals surface area (Å²) in [6.45, 7) is 0.380. The summed E-state index contributed by atoms with van der Waals surface area (Å²) in [5.74, 6) is -0.0338.